The molecule has 1 fully saturated rings. The average molecular weight is 477 g/mol. The van der Waals surface area contributed by atoms with Gasteiger partial charge in [-0.2, -0.15) is 0 Å². The summed E-state index contributed by atoms with van der Waals surface area (Å²) in [6, 6.07) is 18.4. The number of nitrogens with one attached hydrogen (secondary N) is 1. The lowest BCUT2D eigenvalue weighted by atomic mass is 9.95. The Morgan fingerprint density at radius 2 is 1.74 bits per heavy atom. The summed E-state index contributed by atoms with van der Waals surface area (Å²) >= 11 is 0. The SMILES string of the molecule is O=C(Nc1ccc2c(c1)OCO2)C1CCN(C(=O)c2cccc(OCc3ccc(F)cc3)c2)CC1. The Hall–Kier alpha value is -4.07. The molecule has 3 aromatic carbocycles. The van der Waals surface area contributed by atoms with Crippen LogP contribution >= 0.6 is 0 Å². The molecule has 35 heavy (non-hydrogen) atoms. The summed E-state index contributed by atoms with van der Waals surface area (Å²) in [5, 5.41) is 2.94. The van der Waals surface area contributed by atoms with Gasteiger partial charge in [-0.15, -0.1) is 0 Å². The maximum atomic E-state index is 13.1. The van der Waals surface area contributed by atoms with Crippen molar-refractivity contribution < 1.29 is 28.2 Å². The fourth-order valence-corrected chi connectivity index (χ4v) is 4.21. The van der Waals surface area contributed by atoms with E-state index >= 15 is 0 Å². The van der Waals surface area contributed by atoms with Crippen molar-refractivity contribution in [2.45, 2.75) is 19.4 Å². The molecule has 3 aromatic rings. The molecule has 2 aliphatic rings. The van der Waals surface area contributed by atoms with Crippen molar-refractivity contribution in [1.82, 2.24) is 4.90 Å². The van der Waals surface area contributed by atoms with Gasteiger partial charge in [-0.3, -0.25) is 9.59 Å². The number of benzene rings is 3. The minimum atomic E-state index is -0.296. The highest BCUT2D eigenvalue weighted by Crippen LogP contribution is 2.34. The number of halogens is 1. The van der Waals surface area contributed by atoms with Crippen molar-refractivity contribution in [2.75, 3.05) is 25.2 Å². The average Bonchev–Trinajstić information content (AvgIpc) is 3.36. The number of anilines is 1. The molecule has 1 saturated heterocycles. The predicted octanol–water partition coefficient (Wildman–Crippen LogP) is 4.62. The lowest BCUT2D eigenvalue weighted by Gasteiger charge is -2.31. The highest BCUT2D eigenvalue weighted by atomic mass is 19.1. The zero-order chi connectivity index (χ0) is 24.2. The Balaban J connectivity index is 1.13. The summed E-state index contributed by atoms with van der Waals surface area (Å²) in [6.07, 6.45) is 1.17. The van der Waals surface area contributed by atoms with Gasteiger partial charge in [0.1, 0.15) is 18.2 Å². The molecule has 0 aliphatic carbocycles. The largest absolute Gasteiger partial charge is 0.489 e. The molecule has 1 N–H and O–H groups in total. The standard InChI is InChI=1S/C27H25FN2O5/c28-21-6-4-18(5-7-21)16-33-23-3-1-2-20(14-23)27(32)30-12-10-19(11-13-30)26(31)29-22-8-9-24-25(15-22)35-17-34-24/h1-9,14-15,19H,10-13,16-17H2,(H,29,31). The summed E-state index contributed by atoms with van der Waals surface area (Å²) in [6.45, 7) is 1.46. The molecule has 7 nitrogen and oxygen atoms in total. The summed E-state index contributed by atoms with van der Waals surface area (Å²) in [7, 11) is 0. The van der Waals surface area contributed by atoms with E-state index in [1.54, 1.807) is 59.5 Å². The molecule has 0 radical (unpaired) electrons. The number of likely N-dealkylation sites (tertiary alicyclic amines) is 1. The smallest absolute Gasteiger partial charge is 0.253 e. The topological polar surface area (TPSA) is 77.1 Å². The zero-order valence-corrected chi connectivity index (χ0v) is 19.0. The van der Waals surface area contributed by atoms with Gasteiger partial charge in [0.15, 0.2) is 11.5 Å². The van der Waals surface area contributed by atoms with Crippen LogP contribution in [0.5, 0.6) is 17.2 Å². The molecule has 2 amide bonds. The Labute approximate surface area is 202 Å². The number of piperidine rings is 1. The van der Waals surface area contributed by atoms with Crippen LogP contribution in [-0.2, 0) is 11.4 Å². The van der Waals surface area contributed by atoms with Crippen LogP contribution in [0.15, 0.2) is 66.7 Å². The van der Waals surface area contributed by atoms with Gasteiger partial charge >= 0.3 is 0 Å². The first-order valence-corrected chi connectivity index (χ1v) is 11.5. The van der Waals surface area contributed by atoms with Gasteiger partial charge in [-0.1, -0.05) is 18.2 Å². The predicted molar refractivity (Wildman–Crippen MR) is 127 cm³/mol. The van der Waals surface area contributed by atoms with Crippen molar-refractivity contribution in [1.29, 1.82) is 0 Å². The van der Waals surface area contributed by atoms with Crippen LogP contribution in [0, 0.1) is 11.7 Å². The quantitative estimate of drug-likeness (QED) is 0.562. The number of hydrogen-bond donors (Lipinski definition) is 1. The van der Waals surface area contributed by atoms with Crippen LogP contribution in [0.25, 0.3) is 0 Å². The molecular weight excluding hydrogens is 451 g/mol. The van der Waals surface area contributed by atoms with Gasteiger partial charge < -0.3 is 24.4 Å². The van der Waals surface area contributed by atoms with Crippen LogP contribution in [-0.4, -0.2) is 36.6 Å². The van der Waals surface area contributed by atoms with Crippen molar-refractivity contribution in [3.8, 4) is 17.2 Å². The number of rotatable bonds is 6. The second-order valence-electron chi connectivity index (χ2n) is 8.57. The molecule has 0 spiro atoms. The molecule has 0 saturated carbocycles. The molecule has 0 atom stereocenters. The number of nitrogens with zero attached hydrogens (tertiary/aromatic N) is 1. The normalized spacial score (nSPS) is 15.1. The lowest BCUT2D eigenvalue weighted by molar-refractivity contribution is -0.121. The minimum absolute atomic E-state index is 0.0628. The monoisotopic (exact) mass is 476 g/mol. The highest BCUT2D eigenvalue weighted by Gasteiger charge is 2.28. The number of amides is 2. The maximum Gasteiger partial charge on any atom is 0.253 e. The first-order chi connectivity index (χ1) is 17.0. The van der Waals surface area contributed by atoms with E-state index in [1.807, 2.05) is 0 Å². The third-order valence-electron chi connectivity index (χ3n) is 6.19. The molecule has 0 aromatic heterocycles. The van der Waals surface area contributed by atoms with Crippen molar-refractivity contribution in [3.05, 3.63) is 83.7 Å². The summed E-state index contributed by atoms with van der Waals surface area (Å²) in [4.78, 5) is 27.6. The Morgan fingerprint density at radius 3 is 2.54 bits per heavy atom. The molecule has 2 heterocycles. The van der Waals surface area contributed by atoms with E-state index in [-0.39, 0.29) is 36.9 Å². The van der Waals surface area contributed by atoms with E-state index in [2.05, 4.69) is 5.32 Å². The molecule has 180 valence electrons. The number of carbonyl (C=O) groups excluding carboxylic acids is 2. The third-order valence-corrected chi connectivity index (χ3v) is 6.19. The highest BCUT2D eigenvalue weighted by molar-refractivity contribution is 5.95. The van der Waals surface area contributed by atoms with Gasteiger partial charge in [0, 0.05) is 36.3 Å². The van der Waals surface area contributed by atoms with Gasteiger partial charge in [-0.05, 0) is 60.9 Å². The van der Waals surface area contributed by atoms with Gasteiger partial charge in [0.25, 0.3) is 5.91 Å². The van der Waals surface area contributed by atoms with E-state index in [9.17, 15) is 14.0 Å². The van der Waals surface area contributed by atoms with Crippen LogP contribution in [0.1, 0.15) is 28.8 Å². The number of ether oxygens (including phenoxy) is 3. The van der Waals surface area contributed by atoms with E-state index in [0.717, 1.165) is 5.56 Å². The number of fused-ring (bicyclic) bond motifs is 1. The van der Waals surface area contributed by atoms with E-state index < -0.39 is 0 Å². The second kappa shape index (κ2) is 10.0. The third kappa shape index (κ3) is 5.37. The summed E-state index contributed by atoms with van der Waals surface area (Å²) < 4.78 is 29.5. The minimum Gasteiger partial charge on any atom is -0.489 e. The summed E-state index contributed by atoms with van der Waals surface area (Å²) in [5.74, 6) is 1.23. The van der Waals surface area contributed by atoms with Gasteiger partial charge in [0.05, 0.1) is 0 Å². The van der Waals surface area contributed by atoms with Crippen molar-refractivity contribution in [3.63, 3.8) is 0 Å². The molecule has 0 unspecified atom stereocenters. The maximum absolute atomic E-state index is 13.1. The van der Waals surface area contributed by atoms with E-state index in [1.165, 1.54) is 12.1 Å². The summed E-state index contributed by atoms with van der Waals surface area (Å²) in [5.41, 5.74) is 2.03. The van der Waals surface area contributed by atoms with Crippen molar-refractivity contribution >= 4 is 17.5 Å². The van der Waals surface area contributed by atoms with E-state index in [4.69, 9.17) is 14.2 Å². The Morgan fingerprint density at radius 1 is 0.971 bits per heavy atom. The number of hydrogen-bond acceptors (Lipinski definition) is 5. The fourth-order valence-electron chi connectivity index (χ4n) is 4.21. The van der Waals surface area contributed by atoms with Crippen LogP contribution in [0.4, 0.5) is 10.1 Å². The second-order valence-corrected chi connectivity index (χ2v) is 8.57. The molecule has 8 heteroatoms. The Kier molecular flexibility index (Phi) is 6.52. The first kappa shape index (κ1) is 22.7. The molecule has 2 aliphatic heterocycles. The zero-order valence-electron chi connectivity index (χ0n) is 19.0. The molecule has 5 rings (SSSR count). The fraction of sp³-hybridized carbons (Fsp3) is 0.259. The van der Waals surface area contributed by atoms with Crippen LogP contribution in [0.3, 0.4) is 0 Å². The molecule has 0 bridgehead atoms. The van der Waals surface area contributed by atoms with Crippen LogP contribution in [0.2, 0.25) is 0 Å². The van der Waals surface area contributed by atoms with Crippen LogP contribution < -0.4 is 19.5 Å². The Bertz CT molecular complexity index is 1220. The van der Waals surface area contributed by atoms with Gasteiger partial charge in [0.2, 0.25) is 12.7 Å². The lowest BCUT2D eigenvalue weighted by Crippen LogP contribution is -2.41. The van der Waals surface area contributed by atoms with Crippen molar-refractivity contribution in [2.24, 2.45) is 5.92 Å². The van der Waals surface area contributed by atoms with Gasteiger partial charge in [-0.25, -0.2) is 4.39 Å². The first-order valence-electron chi connectivity index (χ1n) is 11.5. The van der Waals surface area contributed by atoms with E-state index in [0.29, 0.717) is 54.4 Å². The number of carbonyl (C=O) groups is 2. The molecular formula is C27H25FN2O5.